The summed E-state index contributed by atoms with van der Waals surface area (Å²) in [6.45, 7) is 1.26. The zero-order chi connectivity index (χ0) is 13.7. The number of methoxy groups -OCH3 is 1. The average Bonchev–Trinajstić information content (AvgIpc) is 3.21. The predicted molar refractivity (Wildman–Crippen MR) is 72.0 cm³/mol. The van der Waals surface area contributed by atoms with Crippen LogP contribution in [0.1, 0.15) is 24.0 Å². The first-order valence-electron chi connectivity index (χ1n) is 6.34. The normalized spacial score (nSPS) is 14.8. The van der Waals surface area contributed by atoms with Crippen LogP contribution in [0.3, 0.4) is 0 Å². The van der Waals surface area contributed by atoms with E-state index >= 15 is 0 Å². The van der Waals surface area contributed by atoms with Crippen LogP contribution in [0.5, 0.6) is 5.75 Å². The van der Waals surface area contributed by atoms with E-state index in [4.69, 9.17) is 14.6 Å². The van der Waals surface area contributed by atoms with Crippen molar-refractivity contribution < 1.29 is 19.4 Å². The van der Waals surface area contributed by atoms with E-state index in [0.717, 1.165) is 29.6 Å². The van der Waals surface area contributed by atoms with E-state index in [2.05, 4.69) is 0 Å². The molecule has 1 aliphatic carbocycles. The monoisotopic (exact) mass is 262 g/mol. The van der Waals surface area contributed by atoms with Crippen LogP contribution in [-0.2, 0) is 16.1 Å². The Morgan fingerprint density at radius 3 is 2.89 bits per heavy atom. The zero-order valence-electron chi connectivity index (χ0n) is 11.0. The Kier molecular flexibility index (Phi) is 4.58. The van der Waals surface area contributed by atoms with Gasteiger partial charge in [0.1, 0.15) is 5.75 Å². The fourth-order valence-corrected chi connectivity index (χ4v) is 1.78. The van der Waals surface area contributed by atoms with Crippen molar-refractivity contribution in [2.24, 2.45) is 5.92 Å². The Morgan fingerprint density at radius 2 is 2.26 bits per heavy atom. The van der Waals surface area contributed by atoms with Crippen LogP contribution in [0, 0.1) is 5.92 Å². The highest BCUT2D eigenvalue weighted by molar-refractivity contribution is 5.85. The zero-order valence-corrected chi connectivity index (χ0v) is 11.0. The van der Waals surface area contributed by atoms with Crippen molar-refractivity contribution in [1.82, 2.24) is 0 Å². The molecule has 0 saturated heterocycles. The van der Waals surface area contributed by atoms with Gasteiger partial charge >= 0.3 is 5.97 Å². The molecule has 102 valence electrons. The summed E-state index contributed by atoms with van der Waals surface area (Å²) in [5.74, 6) is 0.502. The lowest BCUT2D eigenvalue weighted by Crippen LogP contribution is -1.99. The van der Waals surface area contributed by atoms with Crippen molar-refractivity contribution in [3.8, 4) is 5.75 Å². The Bertz CT molecular complexity index is 475. The molecular weight excluding hydrogens is 244 g/mol. The third-order valence-corrected chi connectivity index (χ3v) is 3.06. The van der Waals surface area contributed by atoms with Crippen LogP contribution >= 0.6 is 0 Å². The van der Waals surface area contributed by atoms with Crippen LogP contribution in [-0.4, -0.2) is 24.8 Å². The minimum atomic E-state index is -0.958. The van der Waals surface area contributed by atoms with Gasteiger partial charge in [0.2, 0.25) is 0 Å². The molecule has 1 saturated carbocycles. The number of rotatable bonds is 7. The highest BCUT2D eigenvalue weighted by Crippen LogP contribution is 2.29. The van der Waals surface area contributed by atoms with Gasteiger partial charge in [-0.25, -0.2) is 4.79 Å². The average molecular weight is 262 g/mol. The lowest BCUT2D eigenvalue weighted by molar-refractivity contribution is -0.131. The third-order valence-electron chi connectivity index (χ3n) is 3.06. The van der Waals surface area contributed by atoms with Gasteiger partial charge < -0.3 is 14.6 Å². The Labute approximate surface area is 112 Å². The van der Waals surface area contributed by atoms with Crippen molar-refractivity contribution in [3.63, 3.8) is 0 Å². The summed E-state index contributed by atoms with van der Waals surface area (Å²) in [7, 11) is 1.61. The van der Waals surface area contributed by atoms with Gasteiger partial charge in [-0.05, 0) is 48.1 Å². The van der Waals surface area contributed by atoms with E-state index in [1.807, 2.05) is 18.2 Å². The minimum Gasteiger partial charge on any atom is -0.497 e. The van der Waals surface area contributed by atoms with Crippen LogP contribution < -0.4 is 4.74 Å². The lowest BCUT2D eigenvalue weighted by atomic mass is 10.1. The predicted octanol–water partition coefficient (Wildman–Crippen LogP) is 2.72. The van der Waals surface area contributed by atoms with Gasteiger partial charge in [0.05, 0.1) is 13.7 Å². The Morgan fingerprint density at radius 1 is 1.47 bits per heavy atom. The molecule has 0 bridgehead atoms. The smallest absolute Gasteiger partial charge is 0.328 e. The summed E-state index contributed by atoms with van der Waals surface area (Å²) in [5.41, 5.74) is 1.79. The molecule has 1 aromatic carbocycles. The van der Waals surface area contributed by atoms with E-state index in [1.165, 1.54) is 12.8 Å². The number of hydrogen-bond donors (Lipinski definition) is 1. The second-order valence-corrected chi connectivity index (χ2v) is 4.69. The van der Waals surface area contributed by atoms with Gasteiger partial charge in [-0.3, -0.25) is 0 Å². The van der Waals surface area contributed by atoms with Gasteiger partial charge in [0, 0.05) is 12.7 Å². The number of carbonyl (C=O) groups is 1. The molecule has 1 N–H and O–H groups in total. The molecule has 1 aromatic rings. The first-order valence-corrected chi connectivity index (χ1v) is 6.34. The fraction of sp³-hybridized carbons (Fsp3) is 0.400. The van der Waals surface area contributed by atoms with E-state index in [0.29, 0.717) is 12.5 Å². The number of ether oxygens (including phenoxy) is 2. The molecule has 2 rings (SSSR count). The van der Waals surface area contributed by atoms with Gasteiger partial charge in [-0.2, -0.15) is 0 Å². The van der Waals surface area contributed by atoms with Crippen molar-refractivity contribution in [2.75, 3.05) is 13.7 Å². The summed E-state index contributed by atoms with van der Waals surface area (Å²) in [5, 5.41) is 8.68. The summed E-state index contributed by atoms with van der Waals surface area (Å²) in [6.07, 6.45) is 5.22. The molecular formula is C15H18O4. The first-order chi connectivity index (χ1) is 9.19. The highest BCUT2D eigenvalue weighted by Gasteiger charge is 2.21. The maximum atomic E-state index is 10.6. The van der Waals surface area contributed by atoms with E-state index in [9.17, 15) is 4.79 Å². The van der Waals surface area contributed by atoms with Gasteiger partial charge in [-0.15, -0.1) is 0 Å². The molecule has 0 spiro atoms. The van der Waals surface area contributed by atoms with Crippen molar-refractivity contribution in [1.29, 1.82) is 0 Å². The summed E-state index contributed by atoms with van der Waals surface area (Å²) in [6, 6.07) is 5.54. The quantitative estimate of drug-likeness (QED) is 0.768. The van der Waals surface area contributed by atoms with Crippen LogP contribution in [0.2, 0.25) is 0 Å². The summed E-state index contributed by atoms with van der Waals surface area (Å²) >= 11 is 0. The first kappa shape index (κ1) is 13.6. The largest absolute Gasteiger partial charge is 0.497 e. The van der Waals surface area contributed by atoms with Crippen LogP contribution in [0.25, 0.3) is 6.08 Å². The number of carboxylic acid groups (broad SMARTS) is 1. The van der Waals surface area contributed by atoms with Gasteiger partial charge in [0.15, 0.2) is 0 Å². The number of aliphatic carboxylic acids is 1. The van der Waals surface area contributed by atoms with Crippen molar-refractivity contribution in [3.05, 3.63) is 35.4 Å². The van der Waals surface area contributed by atoms with Gasteiger partial charge in [0.25, 0.3) is 0 Å². The van der Waals surface area contributed by atoms with Crippen LogP contribution in [0.4, 0.5) is 0 Å². The molecule has 0 aliphatic heterocycles. The van der Waals surface area contributed by atoms with E-state index in [1.54, 1.807) is 13.2 Å². The standard InChI is InChI=1S/C15H18O4/c1-18-14-6-4-12(5-7-15(16)17)13(8-14)10-19-9-11-2-3-11/h4-8,11H,2-3,9-10H2,1H3,(H,16,17). The summed E-state index contributed by atoms with van der Waals surface area (Å²) in [4.78, 5) is 10.6. The second kappa shape index (κ2) is 6.38. The molecule has 4 nitrogen and oxygen atoms in total. The fourth-order valence-electron chi connectivity index (χ4n) is 1.78. The number of benzene rings is 1. The number of hydrogen-bond acceptors (Lipinski definition) is 3. The van der Waals surface area contributed by atoms with E-state index < -0.39 is 5.97 Å². The van der Waals surface area contributed by atoms with Crippen molar-refractivity contribution >= 4 is 12.0 Å². The SMILES string of the molecule is COc1ccc(C=CC(=O)O)c(COCC2CC2)c1. The maximum Gasteiger partial charge on any atom is 0.328 e. The molecule has 0 amide bonds. The van der Waals surface area contributed by atoms with Crippen molar-refractivity contribution in [2.45, 2.75) is 19.4 Å². The Hall–Kier alpha value is -1.81. The summed E-state index contributed by atoms with van der Waals surface area (Å²) < 4.78 is 10.8. The Balaban J connectivity index is 2.07. The van der Waals surface area contributed by atoms with E-state index in [-0.39, 0.29) is 0 Å². The molecule has 19 heavy (non-hydrogen) atoms. The molecule has 0 heterocycles. The molecule has 0 atom stereocenters. The third kappa shape index (κ3) is 4.41. The van der Waals surface area contributed by atoms with Crippen LogP contribution in [0.15, 0.2) is 24.3 Å². The molecule has 0 radical (unpaired) electrons. The molecule has 1 aliphatic rings. The topological polar surface area (TPSA) is 55.8 Å². The molecule has 0 aromatic heterocycles. The molecule has 0 unspecified atom stereocenters. The molecule has 1 fully saturated rings. The number of carboxylic acids is 1. The maximum absolute atomic E-state index is 10.6. The lowest BCUT2D eigenvalue weighted by Gasteiger charge is -2.09. The minimum absolute atomic E-state index is 0.479. The highest BCUT2D eigenvalue weighted by atomic mass is 16.5. The molecule has 4 heteroatoms. The second-order valence-electron chi connectivity index (χ2n) is 4.69. The van der Waals surface area contributed by atoms with Gasteiger partial charge in [-0.1, -0.05) is 6.07 Å².